The van der Waals surface area contributed by atoms with Gasteiger partial charge >= 0.3 is 0 Å². The van der Waals surface area contributed by atoms with Crippen LogP contribution < -0.4 is 5.32 Å². The maximum atomic E-state index is 12.4. The molecule has 0 bridgehead atoms. The highest BCUT2D eigenvalue weighted by Crippen LogP contribution is 2.34. The number of carbonyl (C=O) groups is 1. The quantitative estimate of drug-likeness (QED) is 0.782. The lowest BCUT2D eigenvalue weighted by molar-refractivity contribution is -0.119. The first-order chi connectivity index (χ1) is 12.2. The van der Waals surface area contributed by atoms with Crippen LogP contribution >= 0.6 is 0 Å². The minimum absolute atomic E-state index is 0.189. The Balaban J connectivity index is 1.60. The Morgan fingerprint density at radius 1 is 1.31 bits per heavy atom. The molecule has 1 atom stereocenters. The summed E-state index contributed by atoms with van der Waals surface area (Å²) in [6, 6.07) is 5.84. The zero-order valence-corrected chi connectivity index (χ0v) is 16.0. The number of carbonyl (C=O) groups excluding carboxylic acids is 1. The number of aromatic nitrogens is 4. The van der Waals surface area contributed by atoms with Crippen molar-refractivity contribution in [2.24, 2.45) is 0 Å². The molecule has 8 nitrogen and oxygen atoms in total. The number of benzene rings is 1. The third-order valence-electron chi connectivity index (χ3n) is 4.56. The maximum absolute atomic E-state index is 12.4. The summed E-state index contributed by atoms with van der Waals surface area (Å²) in [6.45, 7) is 5.86. The number of nitrogens with zero attached hydrogens (tertiary/aromatic N) is 4. The minimum atomic E-state index is -3.65. The van der Waals surface area contributed by atoms with E-state index in [1.165, 1.54) is 5.56 Å². The predicted octanol–water partition coefficient (Wildman–Crippen LogP) is 1.42. The van der Waals surface area contributed by atoms with Crippen molar-refractivity contribution < 1.29 is 13.2 Å². The van der Waals surface area contributed by atoms with Crippen LogP contribution in [0.3, 0.4) is 0 Å². The molecule has 0 aliphatic heterocycles. The van der Waals surface area contributed by atoms with Crippen LogP contribution in [0, 0.1) is 13.8 Å². The molecule has 1 aliphatic rings. The van der Waals surface area contributed by atoms with Crippen molar-refractivity contribution in [2.45, 2.75) is 51.4 Å². The second-order valence-electron chi connectivity index (χ2n) is 6.94. The summed E-state index contributed by atoms with van der Waals surface area (Å²) in [5.41, 5.74) is 3.24. The van der Waals surface area contributed by atoms with E-state index in [2.05, 4.69) is 20.8 Å². The highest BCUT2D eigenvalue weighted by molar-refractivity contribution is 7.91. The first-order valence-corrected chi connectivity index (χ1v) is 10.4. The number of amides is 1. The minimum Gasteiger partial charge on any atom is -0.349 e. The number of sulfone groups is 1. The third-order valence-corrected chi connectivity index (χ3v) is 5.96. The largest absolute Gasteiger partial charge is 0.349 e. The molecule has 26 heavy (non-hydrogen) atoms. The molecule has 1 heterocycles. The molecule has 9 heteroatoms. The molecule has 2 aromatic rings. The van der Waals surface area contributed by atoms with E-state index in [9.17, 15) is 13.2 Å². The summed E-state index contributed by atoms with van der Waals surface area (Å²) in [4.78, 5) is 12.2. The molecule has 140 valence electrons. The summed E-state index contributed by atoms with van der Waals surface area (Å²) in [5.74, 6) is -1.15. The average molecular weight is 377 g/mol. The molecular formula is C17H23N5O3S. The van der Waals surface area contributed by atoms with E-state index >= 15 is 0 Å². The van der Waals surface area contributed by atoms with E-state index in [0.29, 0.717) is 5.82 Å². The Bertz CT molecular complexity index is 918. The van der Waals surface area contributed by atoms with E-state index in [4.69, 9.17) is 0 Å². The normalized spacial score (nSPS) is 15.7. The number of nitrogens with one attached hydrogen (secondary N) is 1. The van der Waals surface area contributed by atoms with Crippen LogP contribution in [0.2, 0.25) is 0 Å². The van der Waals surface area contributed by atoms with Crippen LogP contribution in [0.25, 0.3) is 0 Å². The molecular weight excluding hydrogens is 354 g/mol. The Morgan fingerprint density at radius 3 is 2.69 bits per heavy atom. The Labute approximate surface area is 152 Å². The van der Waals surface area contributed by atoms with Gasteiger partial charge in [0.25, 0.3) is 0 Å². The molecule has 1 N–H and O–H groups in total. The Hall–Kier alpha value is -2.29. The average Bonchev–Trinajstić information content (AvgIpc) is 3.29. The maximum Gasteiger partial charge on any atom is 0.235 e. The SMILES string of the molecule is Cc1ccc(C(C)NC(=O)CS(=O)(=O)Cc2nnnn2C2CC2)cc1C. The molecule has 0 spiro atoms. The van der Waals surface area contributed by atoms with Crippen molar-refractivity contribution in [3.05, 3.63) is 40.7 Å². The fraction of sp³-hybridized carbons (Fsp3) is 0.529. The van der Waals surface area contributed by atoms with Gasteiger partial charge in [-0.1, -0.05) is 18.2 Å². The summed E-state index contributed by atoms with van der Waals surface area (Å²) in [7, 11) is -3.65. The van der Waals surface area contributed by atoms with Gasteiger partial charge in [-0.05, 0) is 60.7 Å². The second-order valence-corrected chi connectivity index (χ2v) is 9.00. The van der Waals surface area contributed by atoms with Crippen LogP contribution in [0.1, 0.15) is 54.4 Å². The summed E-state index contributed by atoms with van der Waals surface area (Å²) in [6.07, 6.45) is 1.90. The lowest BCUT2D eigenvalue weighted by Crippen LogP contribution is -2.33. The molecule has 1 aliphatic carbocycles. The molecule has 1 unspecified atom stereocenters. The molecule has 1 saturated carbocycles. The monoisotopic (exact) mass is 377 g/mol. The van der Waals surface area contributed by atoms with Crippen molar-refractivity contribution in [1.29, 1.82) is 0 Å². The first kappa shape index (κ1) is 18.5. The van der Waals surface area contributed by atoms with E-state index in [-0.39, 0.29) is 17.8 Å². The molecule has 1 aromatic heterocycles. The van der Waals surface area contributed by atoms with Gasteiger partial charge in [0.1, 0.15) is 11.5 Å². The van der Waals surface area contributed by atoms with Crippen molar-refractivity contribution >= 4 is 15.7 Å². The molecule has 3 rings (SSSR count). The van der Waals surface area contributed by atoms with E-state index in [1.807, 2.05) is 39.0 Å². The second kappa shape index (κ2) is 7.14. The van der Waals surface area contributed by atoms with Crippen LogP contribution in [-0.2, 0) is 20.4 Å². The smallest absolute Gasteiger partial charge is 0.235 e. The highest BCUT2D eigenvalue weighted by Gasteiger charge is 2.30. The summed E-state index contributed by atoms with van der Waals surface area (Å²) in [5, 5.41) is 13.9. The molecule has 1 fully saturated rings. The number of hydrogen-bond acceptors (Lipinski definition) is 6. The number of tetrazole rings is 1. The van der Waals surface area contributed by atoms with E-state index < -0.39 is 21.5 Å². The van der Waals surface area contributed by atoms with Crippen molar-refractivity contribution in [3.8, 4) is 0 Å². The van der Waals surface area contributed by atoms with Gasteiger partial charge in [0, 0.05) is 0 Å². The lowest BCUT2D eigenvalue weighted by Gasteiger charge is -2.16. The van der Waals surface area contributed by atoms with Crippen molar-refractivity contribution in [2.75, 3.05) is 5.75 Å². The van der Waals surface area contributed by atoms with E-state index in [0.717, 1.165) is 24.0 Å². The first-order valence-electron chi connectivity index (χ1n) is 8.59. The van der Waals surface area contributed by atoms with Gasteiger partial charge in [-0.15, -0.1) is 5.10 Å². The Morgan fingerprint density at radius 2 is 2.04 bits per heavy atom. The lowest BCUT2D eigenvalue weighted by atomic mass is 10.0. The van der Waals surface area contributed by atoms with Crippen LogP contribution in [0.15, 0.2) is 18.2 Å². The number of hydrogen-bond donors (Lipinski definition) is 1. The standard InChI is InChI=1S/C17H23N5O3S/c1-11-4-5-14(8-12(11)2)13(3)18-17(23)10-26(24,25)9-16-19-20-21-22(16)15-6-7-15/h4-5,8,13,15H,6-7,9-10H2,1-3H3,(H,18,23). The molecule has 0 saturated heterocycles. The van der Waals surface area contributed by atoms with Gasteiger partial charge in [0.05, 0.1) is 12.1 Å². The van der Waals surface area contributed by atoms with Crippen LogP contribution in [-0.4, -0.2) is 40.3 Å². The van der Waals surface area contributed by atoms with Crippen LogP contribution in [0.5, 0.6) is 0 Å². The fourth-order valence-corrected chi connectivity index (χ4v) is 3.93. The Kier molecular flexibility index (Phi) is 5.08. The fourth-order valence-electron chi connectivity index (χ4n) is 2.76. The van der Waals surface area contributed by atoms with E-state index in [1.54, 1.807) is 4.68 Å². The number of rotatable bonds is 7. The predicted molar refractivity (Wildman–Crippen MR) is 96.1 cm³/mol. The highest BCUT2D eigenvalue weighted by atomic mass is 32.2. The van der Waals surface area contributed by atoms with Crippen molar-refractivity contribution in [1.82, 2.24) is 25.5 Å². The zero-order chi connectivity index (χ0) is 18.9. The third kappa shape index (κ3) is 4.46. The van der Waals surface area contributed by atoms with Gasteiger partial charge in [0.2, 0.25) is 5.91 Å². The molecule has 0 radical (unpaired) electrons. The van der Waals surface area contributed by atoms with Gasteiger partial charge in [0.15, 0.2) is 15.7 Å². The van der Waals surface area contributed by atoms with Gasteiger partial charge in [-0.3, -0.25) is 4.79 Å². The van der Waals surface area contributed by atoms with Crippen LogP contribution in [0.4, 0.5) is 0 Å². The zero-order valence-electron chi connectivity index (χ0n) is 15.1. The van der Waals surface area contributed by atoms with Gasteiger partial charge in [-0.25, -0.2) is 13.1 Å². The van der Waals surface area contributed by atoms with Gasteiger partial charge < -0.3 is 5.32 Å². The van der Waals surface area contributed by atoms with Crippen molar-refractivity contribution in [3.63, 3.8) is 0 Å². The molecule has 1 amide bonds. The molecule has 1 aromatic carbocycles. The summed E-state index contributed by atoms with van der Waals surface area (Å²) < 4.78 is 26.2. The summed E-state index contributed by atoms with van der Waals surface area (Å²) >= 11 is 0. The topological polar surface area (TPSA) is 107 Å². The van der Waals surface area contributed by atoms with Gasteiger partial charge in [-0.2, -0.15) is 0 Å². The number of aryl methyl sites for hydroxylation is 2.